The maximum Gasteiger partial charge on any atom is 0.113 e. The molecule has 14 heavy (non-hydrogen) atoms. The molecule has 0 N–H and O–H groups in total. The van der Waals surface area contributed by atoms with Gasteiger partial charge in [-0.25, -0.2) is 4.39 Å². The Morgan fingerprint density at radius 2 is 1.71 bits per heavy atom. The van der Waals surface area contributed by atoms with Gasteiger partial charge in [0.15, 0.2) is 0 Å². The summed E-state index contributed by atoms with van der Waals surface area (Å²) in [5.74, 6) is -0.852. The van der Waals surface area contributed by atoms with Crippen molar-refractivity contribution in [3.05, 3.63) is 35.4 Å². The van der Waals surface area contributed by atoms with Crippen molar-refractivity contribution in [2.45, 2.75) is 25.4 Å². The molecular formula is C11H14FNSi. The molecule has 0 aliphatic rings. The molecule has 1 aromatic rings. The van der Waals surface area contributed by atoms with E-state index >= 15 is 0 Å². The van der Waals surface area contributed by atoms with Crippen molar-refractivity contribution in [2.75, 3.05) is 0 Å². The van der Waals surface area contributed by atoms with E-state index in [4.69, 9.17) is 5.26 Å². The molecule has 1 aromatic carbocycles. The summed E-state index contributed by atoms with van der Waals surface area (Å²) in [6.45, 7) is 5.99. The van der Waals surface area contributed by atoms with Gasteiger partial charge in [-0.3, -0.25) is 0 Å². The molecule has 1 unspecified atom stereocenters. The van der Waals surface area contributed by atoms with Gasteiger partial charge in [0.1, 0.15) is 5.79 Å². The third kappa shape index (κ3) is 2.42. The van der Waals surface area contributed by atoms with Crippen molar-refractivity contribution < 1.29 is 4.39 Å². The van der Waals surface area contributed by atoms with E-state index in [-0.39, 0.29) is 0 Å². The normalized spacial score (nSPS) is 13.4. The first-order valence-electron chi connectivity index (χ1n) is 4.59. The molecule has 1 atom stereocenters. The van der Waals surface area contributed by atoms with Gasteiger partial charge in [-0.15, -0.1) is 0 Å². The Labute approximate surface area is 85.2 Å². The van der Waals surface area contributed by atoms with E-state index in [2.05, 4.69) is 0 Å². The zero-order valence-corrected chi connectivity index (χ0v) is 9.71. The number of nitrogens with zero attached hydrogens (tertiary/aromatic N) is 1. The summed E-state index contributed by atoms with van der Waals surface area (Å²) < 4.78 is 13.9. The highest BCUT2D eigenvalue weighted by Crippen LogP contribution is 2.28. The summed E-state index contributed by atoms with van der Waals surface area (Å²) in [6, 6.07) is 8.78. The van der Waals surface area contributed by atoms with Crippen molar-refractivity contribution in [1.82, 2.24) is 0 Å². The summed E-state index contributed by atoms with van der Waals surface area (Å²) in [4.78, 5) is 0. The molecular weight excluding hydrogens is 193 g/mol. The first-order valence-corrected chi connectivity index (χ1v) is 8.17. The van der Waals surface area contributed by atoms with Gasteiger partial charge in [-0.2, -0.15) is 5.26 Å². The maximum absolute atomic E-state index is 13.9. The van der Waals surface area contributed by atoms with Crippen LogP contribution in [0.15, 0.2) is 24.3 Å². The number of rotatable bonds is 2. The fourth-order valence-electron chi connectivity index (χ4n) is 1.23. The molecule has 0 saturated heterocycles. The minimum Gasteiger partial charge on any atom is -0.246 e. The lowest BCUT2D eigenvalue weighted by atomic mass is 10.2. The van der Waals surface area contributed by atoms with Crippen LogP contribution in [-0.4, -0.2) is 8.07 Å². The number of nitriles is 1. The zero-order valence-electron chi connectivity index (χ0n) is 8.71. The number of halogens is 1. The molecule has 0 aliphatic heterocycles. The highest BCUT2D eigenvalue weighted by Gasteiger charge is 2.27. The highest BCUT2D eigenvalue weighted by atomic mass is 28.3. The number of benzene rings is 1. The summed E-state index contributed by atoms with van der Waals surface area (Å²) in [5.41, 5.74) is 1.28. The Morgan fingerprint density at radius 1 is 1.21 bits per heavy atom. The smallest absolute Gasteiger partial charge is 0.113 e. The minimum atomic E-state index is -1.78. The van der Waals surface area contributed by atoms with Crippen LogP contribution in [0.3, 0.4) is 0 Å². The van der Waals surface area contributed by atoms with E-state index in [1.165, 1.54) is 0 Å². The van der Waals surface area contributed by atoms with E-state index in [9.17, 15) is 4.39 Å². The number of hydrogen-bond acceptors (Lipinski definition) is 1. The van der Waals surface area contributed by atoms with E-state index < -0.39 is 13.9 Å². The molecule has 0 saturated carbocycles. The second kappa shape index (κ2) is 3.93. The molecule has 0 bridgehead atoms. The predicted molar refractivity (Wildman–Crippen MR) is 58.4 cm³/mol. The van der Waals surface area contributed by atoms with Crippen LogP contribution in [0.25, 0.3) is 0 Å². The third-order valence-electron chi connectivity index (χ3n) is 2.09. The molecule has 1 nitrogen and oxygen atoms in total. The van der Waals surface area contributed by atoms with Crippen LogP contribution in [-0.2, 0) is 0 Å². The second-order valence-corrected chi connectivity index (χ2v) is 9.70. The highest BCUT2D eigenvalue weighted by molar-refractivity contribution is 6.77. The standard InChI is InChI=1S/C11H14FNSi/c1-14(2,3)11(12)10-6-4-9(8-13)5-7-10/h4-7,11H,1-3H3. The third-order valence-corrected chi connectivity index (χ3v) is 3.95. The Hall–Kier alpha value is -1.14. The van der Waals surface area contributed by atoms with Crippen molar-refractivity contribution in [1.29, 1.82) is 5.26 Å². The van der Waals surface area contributed by atoms with Crippen LogP contribution in [0.1, 0.15) is 16.9 Å². The van der Waals surface area contributed by atoms with Gasteiger partial charge in [0, 0.05) is 0 Å². The second-order valence-electron chi connectivity index (χ2n) is 4.46. The monoisotopic (exact) mass is 207 g/mol. The molecule has 0 aromatic heterocycles. The predicted octanol–water partition coefficient (Wildman–Crippen LogP) is 3.45. The van der Waals surface area contributed by atoms with Gasteiger partial charge in [-0.1, -0.05) is 31.8 Å². The summed E-state index contributed by atoms with van der Waals surface area (Å²) in [5, 5.41) is 8.59. The molecule has 0 spiro atoms. The Morgan fingerprint density at radius 3 is 2.07 bits per heavy atom. The van der Waals surface area contributed by atoms with Gasteiger partial charge in [-0.05, 0) is 17.7 Å². The number of alkyl halides is 1. The van der Waals surface area contributed by atoms with Crippen molar-refractivity contribution >= 4 is 8.07 Å². The van der Waals surface area contributed by atoms with Gasteiger partial charge >= 0.3 is 0 Å². The molecule has 0 radical (unpaired) electrons. The Balaban J connectivity index is 2.94. The average molecular weight is 207 g/mol. The molecule has 1 rings (SSSR count). The Kier molecular flexibility index (Phi) is 3.07. The molecule has 0 amide bonds. The van der Waals surface area contributed by atoms with Crippen molar-refractivity contribution in [3.8, 4) is 6.07 Å². The van der Waals surface area contributed by atoms with Gasteiger partial charge in [0.05, 0.1) is 19.7 Å². The average Bonchev–Trinajstić information content (AvgIpc) is 2.15. The molecule has 3 heteroatoms. The van der Waals surface area contributed by atoms with Gasteiger partial charge in [0.25, 0.3) is 0 Å². The van der Waals surface area contributed by atoms with E-state index in [1.807, 2.05) is 25.7 Å². The quantitative estimate of drug-likeness (QED) is 0.681. The van der Waals surface area contributed by atoms with Crippen LogP contribution >= 0.6 is 0 Å². The fourth-order valence-corrected chi connectivity index (χ4v) is 2.42. The van der Waals surface area contributed by atoms with Crippen LogP contribution in [0.5, 0.6) is 0 Å². The van der Waals surface area contributed by atoms with Crippen LogP contribution < -0.4 is 0 Å². The van der Waals surface area contributed by atoms with Crippen LogP contribution in [0.2, 0.25) is 19.6 Å². The lowest BCUT2D eigenvalue weighted by molar-refractivity contribution is 0.441. The van der Waals surface area contributed by atoms with Gasteiger partial charge in [0.2, 0.25) is 0 Å². The molecule has 0 heterocycles. The van der Waals surface area contributed by atoms with Crippen LogP contribution in [0.4, 0.5) is 4.39 Å². The maximum atomic E-state index is 13.9. The lowest BCUT2D eigenvalue weighted by Gasteiger charge is -2.21. The zero-order chi connectivity index (χ0) is 10.8. The summed E-state index contributed by atoms with van der Waals surface area (Å²) >= 11 is 0. The lowest BCUT2D eigenvalue weighted by Crippen LogP contribution is -2.27. The fraction of sp³-hybridized carbons (Fsp3) is 0.364. The van der Waals surface area contributed by atoms with Crippen molar-refractivity contribution in [3.63, 3.8) is 0 Å². The van der Waals surface area contributed by atoms with Crippen molar-refractivity contribution in [2.24, 2.45) is 0 Å². The summed E-state index contributed by atoms with van der Waals surface area (Å²) in [7, 11) is -1.78. The molecule has 0 fully saturated rings. The first kappa shape index (κ1) is 10.9. The largest absolute Gasteiger partial charge is 0.246 e. The molecule has 0 aliphatic carbocycles. The molecule has 74 valence electrons. The van der Waals surface area contributed by atoms with E-state index in [0.29, 0.717) is 11.1 Å². The van der Waals surface area contributed by atoms with Gasteiger partial charge < -0.3 is 0 Å². The van der Waals surface area contributed by atoms with Crippen LogP contribution in [0, 0.1) is 11.3 Å². The SMILES string of the molecule is C[Si](C)(C)C(F)c1ccc(C#N)cc1. The topological polar surface area (TPSA) is 23.8 Å². The number of hydrogen-bond donors (Lipinski definition) is 0. The minimum absolute atomic E-state index is 0.580. The summed E-state index contributed by atoms with van der Waals surface area (Å²) in [6.07, 6.45) is 0. The Bertz CT molecular complexity index is 345. The first-order chi connectivity index (χ1) is 6.45. The van der Waals surface area contributed by atoms with E-state index in [1.54, 1.807) is 24.3 Å². The van der Waals surface area contributed by atoms with E-state index in [0.717, 1.165) is 0 Å².